The Morgan fingerprint density at radius 2 is 2.17 bits per heavy atom. The first-order chi connectivity index (χ1) is 11.4. The zero-order valence-electron chi connectivity index (χ0n) is 13.3. The van der Waals surface area contributed by atoms with Gasteiger partial charge in [-0.05, 0) is 25.0 Å². The molecule has 9 heteroatoms. The van der Waals surface area contributed by atoms with E-state index >= 15 is 0 Å². The van der Waals surface area contributed by atoms with Gasteiger partial charge in [-0.15, -0.1) is 5.10 Å². The molecule has 7 nitrogen and oxygen atoms in total. The molecule has 0 radical (unpaired) electrons. The van der Waals surface area contributed by atoms with E-state index in [4.69, 9.17) is 0 Å². The minimum absolute atomic E-state index is 0.524. The van der Waals surface area contributed by atoms with Gasteiger partial charge in [-0.25, -0.2) is 17.9 Å². The lowest BCUT2D eigenvalue weighted by molar-refractivity contribution is 0.607. The second-order valence-electron chi connectivity index (χ2n) is 6.02. The summed E-state index contributed by atoms with van der Waals surface area (Å²) >= 11 is 1.56. The number of nitrogens with zero attached hydrogens (tertiary/aromatic N) is 4. The van der Waals surface area contributed by atoms with Gasteiger partial charge in [0.2, 0.25) is 20.1 Å². The quantitative estimate of drug-likeness (QED) is 0.753. The summed E-state index contributed by atoms with van der Waals surface area (Å²) in [5.41, 5.74) is 2.23. The Kier molecular flexibility index (Phi) is 3.50. The van der Waals surface area contributed by atoms with E-state index in [9.17, 15) is 8.42 Å². The van der Waals surface area contributed by atoms with Crippen molar-refractivity contribution in [1.29, 1.82) is 0 Å². The molecule has 0 atom stereocenters. The van der Waals surface area contributed by atoms with Gasteiger partial charge < -0.3 is 4.90 Å². The molecule has 24 heavy (non-hydrogen) atoms. The van der Waals surface area contributed by atoms with Crippen LogP contribution < -0.4 is 9.62 Å². The van der Waals surface area contributed by atoms with Crippen molar-refractivity contribution in [3.8, 4) is 11.3 Å². The minimum atomic E-state index is -3.31. The second-order valence-corrected chi connectivity index (χ2v) is 8.70. The van der Waals surface area contributed by atoms with Crippen LogP contribution in [-0.2, 0) is 10.0 Å². The zero-order valence-corrected chi connectivity index (χ0v) is 14.9. The highest BCUT2D eigenvalue weighted by Gasteiger charge is 2.28. The van der Waals surface area contributed by atoms with E-state index in [1.54, 1.807) is 29.7 Å². The molecule has 0 saturated heterocycles. The number of benzene rings is 1. The Morgan fingerprint density at radius 3 is 2.88 bits per heavy atom. The topological polar surface area (TPSA) is 79.6 Å². The number of aromatic nitrogens is 3. The highest BCUT2D eigenvalue weighted by Crippen LogP contribution is 2.34. The largest absolute Gasteiger partial charge is 0.347 e. The number of hydrogen-bond acceptors (Lipinski definition) is 6. The third-order valence-electron chi connectivity index (χ3n) is 3.93. The van der Waals surface area contributed by atoms with Crippen molar-refractivity contribution < 1.29 is 8.42 Å². The van der Waals surface area contributed by atoms with Crippen LogP contribution in [0.3, 0.4) is 0 Å². The second kappa shape index (κ2) is 5.45. The van der Waals surface area contributed by atoms with Crippen LogP contribution in [0, 0.1) is 0 Å². The van der Waals surface area contributed by atoms with Crippen molar-refractivity contribution in [1.82, 2.24) is 14.6 Å². The summed E-state index contributed by atoms with van der Waals surface area (Å²) in [5.74, 6) is 0. The number of anilines is 2. The van der Waals surface area contributed by atoms with Crippen LogP contribution in [0.4, 0.5) is 10.8 Å². The lowest BCUT2D eigenvalue weighted by Gasteiger charge is -2.12. The van der Waals surface area contributed by atoms with Crippen LogP contribution >= 0.6 is 11.3 Å². The Morgan fingerprint density at radius 1 is 1.38 bits per heavy atom. The minimum Gasteiger partial charge on any atom is -0.347 e. The normalized spacial score (nSPS) is 14.9. The smallest absolute Gasteiger partial charge is 0.229 e. The lowest BCUT2D eigenvalue weighted by atomic mass is 10.1. The Hall–Kier alpha value is -2.13. The van der Waals surface area contributed by atoms with Crippen LogP contribution in [0.5, 0.6) is 0 Å². The van der Waals surface area contributed by atoms with Gasteiger partial charge in [0.25, 0.3) is 0 Å². The predicted octanol–water partition coefficient (Wildman–Crippen LogP) is 2.43. The molecule has 0 bridgehead atoms. The predicted molar refractivity (Wildman–Crippen MR) is 96.2 cm³/mol. The molecule has 126 valence electrons. The van der Waals surface area contributed by atoms with Crippen LogP contribution in [0.15, 0.2) is 30.5 Å². The van der Waals surface area contributed by atoms with Gasteiger partial charge in [0.15, 0.2) is 0 Å². The Balaban J connectivity index is 1.72. The third kappa shape index (κ3) is 2.96. The average molecular weight is 363 g/mol. The van der Waals surface area contributed by atoms with Crippen LogP contribution in [0.1, 0.15) is 12.8 Å². The summed E-state index contributed by atoms with van der Waals surface area (Å²) in [6, 6.07) is 7.82. The van der Waals surface area contributed by atoms with Gasteiger partial charge in [0, 0.05) is 24.3 Å². The highest BCUT2D eigenvalue weighted by molar-refractivity contribution is 7.92. The van der Waals surface area contributed by atoms with Crippen molar-refractivity contribution in [3.63, 3.8) is 0 Å². The molecule has 1 aliphatic rings. The summed E-state index contributed by atoms with van der Waals surface area (Å²) in [4.78, 5) is 7.46. The van der Waals surface area contributed by atoms with Crippen molar-refractivity contribution in [2.24, 2.45) is 0 Å². The summed E-state index contributed by atoms with van der Waals surface area (Å²) in [6.45, 7) is 0. The molecule has 1 saturated carbocycles. The third-order valence-corrected chi connectivity index (χ3v) is 5.55. The SMILES string of the molecule is CN(c1nn2c(-c3cccc(NS(C)(=O)=O)c3)cnc2s1)C1CC1. The fraction of sp³-hybridized carbons (Fsp3) is 0.333. The van der Waals surface area contributed by atoms with Gasteiger partial charge in [-0.3, -0.25) is 4.72 Å². The van der Waals surface area contributed by atoms with Gasteiger partial charge in [0.05, 0.1) is 18.1 Å². The van der Waals surface area contributed by atoms with E-state index in [0.29, 0.717) is 11.7 Å². The van der Waals surface area contributed by atoms with Crippen molar-refractivity contribution in [3.05, 3.63) is 30.5 Å². The average Bonchev–Trinajstić information content (AvgIpc) is 3.14. The standard InChI is InChI=1S/C15H17N5O2S2/c1-19(12-6-7-12)15-17-20-13(9-16-14(20)23-15)10-4-3-5-11(8-10)18-24(2,21)22/h3-5,8-9,12,18H,6-7H2,1-2H3. The number of rotatable bonds is 5. The number of imidazole rings is 1. The molecule has 0 unspecified atom stereocenters. The molecule has 1 N–H and O–H groups in total. The van der Waals surface area contributed by atoms with Crippen molar-refractivity contribution in [2.75, 3.05) is 22.9 Å². The molecule has 0 amide bonds. The summed E-state index contributed by atoms with van der Waals surface area (Å²) in [5, 5.41) is 5.63. The van der Waals surface area contributed by atoms with E-state index in [1.807, 2.05) is 16.6 Å². The fourth-order valence-electron chi connectivity index (χ4n) is 2.60. The van der Waals surface area contributed by atoms with Gasteiger partial charge >= 0.3 is 0 Å². The zero-order chi connectivity index (χ0) is 16.9. The summed E-state index contributed by atoms with van der Waals surface area (Å²) in [6.07, 6.45) is 5.32. The van der Waals surface area contributed by atoms with Crippen LogP contribution in [0.25, 0.3) is 16.2 Å². The monoisotopic (exact) mass is 363 g/mol. The highest BCUT2D eigenvalue weighted by atomic mass is 32.2. The van der Waals surface area contributed by atoms with Gasteiger partial charge in [0.1, 0.15) is 0 Å². The van der Waals surface area contributed by atoms with E-state index in [2.05, 4.69) is 26.8 Å². The first-order valence-electron chi connectivity index (χ1n) is 7.56. The number of hydrogen-bond donors (Lipinski definition) is 1. The molecule has 1 fully saturated rings. The first-order valence-corrected chi connectivity index (χ1v) is 10.3. The number of nitrogens with one attached hydrogen (secondary N) is 1. The number of fused-ring (bicyclic) bond motifs is 1. The number of sulfonamides is 1. The van der Waals surface area contributed by atoms with Crippen LogP contribution in [0.2, 0.25) is 0 Å². The molecule has 3 aromatic rings. The van der Waals surface area contributed by atoms with E-state index < -0.39 is 10.0 Å². The molecule has 1 aliphatic carbocycles. The molecular weight excluding hydrogens is 346 g/mol. The van der Waals surface area contributed by atoms with Gasteiger partial charge in [-0.1, -0.05) is 23.5 Å². The maximum absolute atomic E-state index is 11.4. The lowest BCUT2D eigenvalue weighted by Crippen LogP contribution is -2.19. The maximum Gasteiger partial charge on any atom is 0.229 e. The van der Waals surface area contributed by atoms with Crippen LogP contribution in [-0.4, -0.2) is 42.4 Å². The van der Waals surface area contributed by atoms with E-state index in [1.165, 1.54) is 12.8 Å². The maximum atomic E-state index is 11.4. The molecule has 4 rings (SSSR count). The Bertz CT molecular complexity index is 1000. The van der Waals surface area contributed by atoms with E-state index in [0.717, 1.165) is 27.6 Å². The molecule has 0 spiro atoms. The molecular formula is C15H17N5O2S2. The Labute approximate surface area is 144 Å². The summed E-state index contributed by atoms with van der Waals surface area (Å²) < 4.78 is 27.1. The van der Waals surface area contributed by atoms with Gasteiger partial charge in [-0.2, -0.15) is 0 Å². The summed E-state index contributed by atoms with van der Waals surface area (Å²) in [7, 11) is -1.25. The molecule has 1 aromatic carbocycles. The molecule has 0 aliphatic heterocycles. The van der Waals surface area contributed by atoms with E-state index in [-0.39, 0.29) is 0 Å². The fourth-order valence-corrected chi connectivity index (χ4v) is 4.06. The van der Waals surface area contributed by atoms with Crippen molar-refractivity contribution in [2.45, 2.75) is 18.9 Å². The first kappa shape index (κ1) is 15.4. The molecule has 2 heterocycles. The van der Waals surface area contributed by atoms with Crippen molar-refractivity contribution >= 4 is 37.1 Å². The molecule has 2 aromatic heterocycles.